The maximum atomic E-state index is 12.2. The molecule has 1 atom stereocenters. The molecule has 148 valence electrons. The summed E-state index contributed by atoms with van der Waals surface area (Å²) in [5.41, 5.74) is 0.503. The monoisotopic (exact) mass is 387 g/mol. The lowest BCUT2D eigenvalue weighted by Crippen LogP contribution is -2.30. The van der Waals surface area contributed by atoms with Crippen molar-refractivity contribution in [3.63, 3.8) is 0 Å². The fourth-order valence-corrected chi connectivity index (χ4v) is 2.35. The summed E-state index contributed by atoms with van der Waals surface area (Å²) < 4.78 is 10.4. The summed E-state index contributed by atoms with van der Waals surface area (Å²) in [6.45, 7) is 3.82. The van der Waals surface area contributed by atoms with Gasteiger partial charge in [0.05, 0.1) is 17.1 Å². The van der Waals surface area contributed by atoms with Crippen LogP contribution < -0.4 is 15.4 Å². The lowest BCUT2D eigenvalue weighted by atomic mass is 10.1. The molecule has 2 aromatic carbocycles. The summed E-state index contributed by atoms with van der Waals surface area (Å²) in [6, 6.07) is 10.6. The zero-order valence-corrected chi connectivity index (χ0v) is 15.7. The van der Waals surface area contributed by atoms with E-state index in [9.17, 15) is 19.7 Å². The lowest BCUT2D eigenvalue weighted by Gasteiger charge is -2.14. The molecular weight excluding hydrogens is 366 g/mol. The summed E-state index contributed by atoms with van der Waals surface area (Å²) in [7, 11) is 1.54. The van der Waals surface area contributed by atoms with E-state index in [1.54, 1.807) is 24.3 Å². The summed E-state index contributed by atoms with van der Waals surface area (Å²) in [4.78, 5) is 35.0. The Labute approximate surface area is 161 Å². The fourth-order valence-electron chi connectivity index (χ4n) is 2.35. The SMILES string of the molecule is CCOc1ccc(NC(=O)[C@@H](C)OC(=O)c2ccc(NC)c([N+](=O)[O-])c2)cc1. The molecule has 2 N–H and O–H groups in total. The molecule has 28 heavy (non-hydrogen) atoms. The van der Waals surface area contributed by atoms with Crippen LogP contribution in [0.4, 0.5) is 17.1 Å². The van der Waals surface area contributed by atoms with Gasteiger partial charge in [-0.25, -0.2) is 4.79 Å². The van der Waals surface area contributed by atoms with Gasteiger partial charge in [-0.2, -0.15) is 0 Å². The standard InChI is InChI=1S/C19H21N3O6/c1-4-27-15-8-6-14(7-9-15)21-18(23)12(2)28-19(24)13-5-10-16(20-3)17(11-13)22(25)26/h5-12,20H,4H2,1-3H3,(H,21,23)/t12-/m1/s1. The number of carbonyl (C=O) groups is 2. The van der Waals surface area contributed by atoms with Gasteiger partial charge in [-0.1, -0.05) is 0 Å². The van der Waals surface area contributed by atoms with Crippen molar-refractivity contribution in [2.24, 2.45) is 0 Å². The molecule has 0 saturated carbocycles. The number of nitro groups is 1. The number of carbonyl (C=O) groups excluding carboxylic acids is 2. The van der Waals surface area contributed by atoms with E-state index in [-0.39, 0.29) is 16.9 Å². The topological polar surface area (TPSA) is 120 Å². The number of rotatable bonds is 8. The van der Waals surface area contributed by atoms with Crippen molar-refractivity contribution < 1.29 is 24.0 Å². The van der Waals surface area contributed by atoms with Crippen molar-refractivity contribution in [2.75, 3.05) is 24.3 Å². The van der Waals surface area contributed by atoms with Gasteiger partial charge < -0.3 is 20.1 Å². The Hall–Kier alpha value is -3.62. The number of nitrogens with zero attached hydrogens (tertiary/aromatic N) is 1. The number of hydrogen-bond donors (Lipinski definition) is 2. The van der Waals surface area contributed by atoms with Gasteiger partial charge in [0, 0.05) is 18.8 Å². The highest BCUT2D eigenvalue weighted by atomic mass is 16.6. The minimum Gasteiger partial charge on any atom is -0.494 e. The number of nitro benzene ring substituents is 1. The second-order valence-electron chi connectivity index (χ2n) is 5.73. The fraction of sp³-hybridized carbons (Fsp3) is 0.263. The zero-order valence-electron chi connectivity index (χ0n) is 15.7. The smallest absolute Gasteiger partial charge is 0.339 e. The minimum atomic E-state index is -1.10. The number of esters is 1. The van der Waals surface area contributed by atoms with Crippen LogP contribution in [0.15, 0.2) is 42.5 Å². The van der Waals surface area contributed by atoms with E-state index in [1.807, 2.05) is 6.92 Å². The summed E-state index contributed by atoms with van der Waals surface area (Å²) in [6.07, 6.45) is -1.10. The van der Waals surface area contributed by atoms with Gasteiger partial charge in [0.15, 0.2) is 6.10 Å². The molecule has 0 aliphatic rings. The van der Waals surface area contributed by atoms with Crippen LogP contribution in [0.2, 0.25) is 0 Å². The summed E-state index contributed by atoms with van der Waals surface area (Å²) in [5, 5.41) is 16.4. The van der Waals surface area contributed by atoms with Crippen LogP contribution in [0.5, 0.6) is 5.75 Å². The van der Waals surface area contributed by atoms with Crippen LogP contribution in [0.3, 0.4) is 0 Å². The molecule has 0 saturated heterocycles. The van der Waals surface area contributed by atoms with Crippen molar-refractivity contribution in [3.05, 3.63) is 58.1 Å². The third kappa shape index (κ3) is 5.19. The van der Waals surface area contributed by atoms with Crippen LogP contribution in [-0.2, 0) is 9.53 Å². The first-order valence-electron chi connectivity index (χ1n) is 8.56. The van der Waals surface area contributed by atoms with Gasteiger partial charge in [-0.05, 0) is 50.2 Å². The Balaban J connectivity index is 2.02. The third-order valence-electron chi connectivity index (χ3n) is 3.79. The van der Waals surface area contributed by atoms with Gasteiger partial charge in [0.25, 0.3) is 11.6 Å². The minimum absolute atomic E-state index is 0.0218. The van der Waals surface area contributed by atoms with Crippen LogP contribution >= 0.6 is 0 Å². The largest absolute Gasteiger partial charge is 0.494 e. The molecule has 0 fully saturated rings. The Morgan fingerprint density at radius 1 is 1.18 bits per heavy atom. The van der Waals surface area contributed by atoms with Crippen LogP contribution in [0, 0.1) is 10.1 Å². The summed E-state index contributed by atoms with van der Waals surface area (Å²) >= 11 is 0. The van der Waals surface area contributed by atoms with Crippen molar-refractivity contribution in [3.8, 4) is 5.75 Å². The molecule has 0 spiro atoms. The van der Waals surface area contributed by atoms with Gasteiger partial charge in [0.2, 0.25) is 0 Å². The molecule has 0 unspecified atom stereocenters. The maximum Gasteiger partial charge on any atom is 0.339 e. The predicted octanol–water partition coefficient (Wildman–Crippen LogP) is 3.22. The van der Waals surface area contributed by atoms with Crippen molar-refractivity contribution >= 4 is 28.9 Å². The highest BCUT2D eigenvalue weighted by Crippen LogP contribution is 2.25. The van der Waals surface area contributed by atoms with Crippen molar-refractivity contribution in [1.29, 1.82) is 0 Å². The highest BCUT2D eigenvalue weighted by Gasteiger charge is 2.22. The number of hydrogen-bond acceptors (Lipinski definition) is 7. The highest BCUT2D eigenvalue weighted by molar-refractivity contribution is 5.97. The van der Waals surface area contributed by atoms with Crippen LogP contribution in [-0.4, -0.2) is 36.6 Å². The van der Waals surface area contributed by atoms with E-state index in [4.69, 9.17) is 9.47 Å². The average Bonchev–Trinajstić information content (AvgIpc) is 2.68. The number of benzene rings is 2. The first kappa shape index (κ1) is 20.7. The molecule has 1 amide bonds. The van der Waals surface area contributed by atoms with Crippen LogP contribution in [0.25, 0.3) is 0 Å². The second kappa shape index (κ2) is 9.36. The molecule has 0 aliphatic heterocycles. The van der Waals surface area contributed by atoms with Gasteiger partial charge in [0.1, 0.15) is 11.4 Å². The number of nitrogens with one attached hydrogen (secondary N) is 2. The number of ether oxygens (including phenoxy) is 2. The average molecular weight is 387 g/mol. The zero-order chi connectivity index (χ0) is 20.7. The molecule has 0 aliphatic carbocycles. The molecule has 9 nitrogen and oxygen atoms in total. The second-order valence-corrected chi connectivity index (χ2v) is 5.73. The Bertz CT molecular complexity index is 866. The molecule has 0 heterocycles. The van der Waals surface area contributed by atoms with Gasteiger partial charge in [-0.3, -0.25) is 14.9 Å². The quantitative estimate of drug-likeness (QED) is 0.405. The molecular formula is C19H21N3O6. The Kier molecular flexibility index (Phi) is 6.91. The van der Waals surface area contributed by atoms with Crippen LogP contribution in [0.1, 0.15) is 24.2 Å². The molecule has 9 heteroatoms. The molecule has 0 radical (unpaired) electrons. The normalized spacial score (nSPS) is 11.2. The predicted molar refractivity (Wildman–Crippen MR) is 104 cm³/mol. The third-order valence-corrected chi connectivity index (χ3v) is 3.79. The first-order chi connectivity index (χ1) is 13.3. The maximum absolute atomic E-state index is 12.2. The molecule has 0 bridgehead atoms. The van der Waals surface area contributed by atoms with Gasteiger partial charge in [-0.15, -0.1) is 0 Å². The van der Waals surface area contributed by atoms with E-state index in [0.29, 0.717) is 18.0 Å². The molecule has 0 aromatic heterocycles. The number of amides is 1. The number of anilines is 2. The lowest BCUT2D eigenvalue weighted by molar-refractivity contribution is -0.384. The Morgan fingerprint density at radius 3 is 2.43 bits per heavy atom. The van der Waals surface area contributed by atoms with E-state index >= 15 is 0 Å². The van der Waals surface area contributed by atoms with E-state index < -0.39 is 22.9 Å². The molecule has 2 rings (SSSR count). The van der Waals surface area contributed by atoms with Gasteiger partial charge >= 0.3 is 5.97 Å². The first-order valence-corrected chi connectivity index (χ1v) is 8.56. The summed E-state index contributed by atoms with van der Waals surface area (Å²) in [5.74, 6) is -0.689. The van der Waals surface area contributed by atoms with E-state index in [1.165, 1.54) is 26.1 Å². The Morgan fingerprint density at radius 2 is 1.86 bits per heavy atom. The van der Waals surface area contributed by atoms with Crippen molar-refractivity contribution in [2.45, 2.75) is 20.0 Å². The van der Waals surface area contributed by atoms with E-state index in [0.717, 1.165) is 6.07 Å². The van der Waals surface area contributed by atoms with E-state index in [2.05, 4.69) is 10.6 Å². The van der Waals surface area contributed by atoms with Crippen molar-refractivity contribution in [1.82, 2.24) is 0 Å². The molecule has 2 aromatic rings.